The second-order valence-corrected chi connectivity index (χ2v) is 6.91. The lowest BCUT2D eigenvalue weighted by molar-refractivity contribution is 0.270. The van der Waals surface area contributed by atoms with Gasteiger partial charge in [0.2, 0.25) is 0 Å². The van der Waals surface area contributed by atoms with Crippen molar-refractivity contribution < 1.29 is 4.52 Å². The van der Waals surface area contributed by atoms with Gasteiger partial charge in [0, 0.05) is 24.2 Å². The maximum absolute atomic E-state index is 8.31. The molecule has 0 fully saturated rings. The summed E-state index contributed by atoms with van der Waals surface area (Å²) in [6.07, 6.45) is 0.483. The molecule has 0 aromatic carbocycles. The van der Waals surface area contributed by atoms with E-state index in [4.69, 9.17) is 9.79 Å². The minimum absolute atomic E-state index is 0.376. The SMILES string of the molecule is CC(C)N(POCCC#N)C(C)C.CC(C)NC(C)C. The van der Waals surface area contributed by atoms with E-state index in [0.717, 1.165) is 0 Å². The third kappa shape index (κ3) is 15.9. The van der Waals surface area contributed by atoms with Crippen LogP contribution in [0.25, 0.3) is 0 Å². The first-order valence-corrected chi connectivity index (χ1v) is 8.36. The Morgan fingerprint density at radius 1 is 1.00 bits per heavy atom. The number of nitriles is 1. The lowest BCUT2D eigenvalue weighted by Crippen LogP contribution is -2.29. The molecule has 0 spiro atoms. The molecular weight excluding hydrogens is 269 g/mol. The van der Waals surface area contributed by atoms with Gasteiger partial charge in [-0.3, -0.25) is 4.67 Å². The zero-order chi connectivity index (χ0) is 16.1. The van der Waals surface area contributed by atoms with Crippen LogP contribution >= 0.6 is 8.96 Å². The molecule has 1 N–H and O–H groups in total. The minimum atomic E-state index is 0.376. The summed E-state index contributed by atoms with van der Waals surface area (Å²) in [4.78, 5) is 0. The third-order valence-corrected chi connectivity index (χ3v) is 3.84. The Hall–Kier alpha value is -0.200. The van der Waals surface area contributed by atoms with Crippen LogP contribution in [0.4, 0.5) is 0 Å². The first-order chi connectivity index (χ1) is 9.22. The summed E-state index contributed by atoms with van der Waals surface area (Å²) < 4.78 is 7.67. The van der Waals surface area contributed by atoms with E-state index in [0.29, 0.717) is 46.2 Å². The number of nitrogens with one attached hydrogen (secondary N) is 1. The van der Waals surface area contributed by atoms with Crippen molar-refractivity contribution in [3.8, 4) is 6.07 Å². The van der Waals surface area contributed by atoms with Gasteiger partial charge in [-0.1, -0.05) is 27.7 Å². The van der Waals surface area contributed by atoms with E-state index in [1.54, 1.807) is 0 Å². The van der Waals surface area contributed by atoms with Gasteiger partial charge in [-0.2, -0.15) is 5.26 Å². The molecule has 1 unspecified atom stereocenters. The molecule has 0 aliphatic rings. The van der Waals surface area contributed by atoms with E-state index in [9.17, 15) is 0 Å². The fourth-order valence-corrected chi connectivity index (χ4v) is 2.45. The molecule has 120 valence electrons. The molecule has 0 aliphatic heterocycles. The average Bonchev–Trinajstić information content (AvgIpc) is 2.26. The fourth-order valence-electron chi connectivity index (χ4n) is 1.69. The minimum Gasteiger partial charge on any atom is -0.345 e. The predicted octanol–water partition coefficient (Wildman–Crippen LogP) is 3.94. The van der Waals surface area contributed by atoms with Crippen LogP contribution in [-0.2, 0) is 4.52 Å². The number of nitrogens with zero attached hydrogens (tertiary/aromatic N) is 2. The molecule has 0 heterocycles. The van der Waals surface area contributed by atoms with Crippen molar-refractivity contribution in [3.05, 3.63) is 0 Å². The summed E-state index contributed by atoms with van der Waals surface area (Å²) in [7, 11) is 0.376. The summed E-state index contributed by atoms with van der Waals surface area (Å²) in [5.41, 5.74) is 0. The highest BCUT2D eigenvalue weighted by Gasteiger charge is 2.12. The second kappa shape index (κ2) is 13.8. The van der Waals surface area contributed by atoms with Crippen LogP contribution in [0, 0.1) is 11.3 Å². The van der Waals surface area contributed by atoms with Gasteiger partial charge in [0.25, 0.3) is 0 Å². The van der Waals surface area contributed by atoms with Gasteiger partial charge in [0.15, 0.2) is 0 Å². The Morgan fingerprint density at radius 3 is 1.70 bits per heavy atom. The highest BCUT2D eigenvalue weighted by atomic mass is 31.1. The monoisotopic (exact) mass is 303 g/mol. The molecule has 1 atom stereocenters. The zero-order valence-corrected chi connectivity index (χ0v) is 15.5. The molecule has 0 amide bonds. The molecular formula is C15H34N3OP. The van der Waals surface area contributed by atoms with Crippen LogP contribution in [0.5, 0.6) is 0 Å². The average molecular weight is 303 g/mol. The van der Waals surface area contributed by atoms with Crippen molar-refractivity contribution in [2.75, 3.05) is 6.61 Å². The fraction of sp³-hybridized carbons (Fsp3) is 0.933. The van der Waals surface area contributed by atoms with E-state index >= 15 is 0 Å². The van der Waals surface area contributed by atoms with Gasteiger partial charge in [-0.05, 0) is 27.7 Å². The molecule has 4 nitrogen and oxygen atoms in total. The summed E-state index contributed by atoms with van der Waals surface area (Å²) in [5, 5.41) is 11.6. The molecule has 0 saturated heterocycles. The van der Waals surface area contributed by atoms with E-state index < -0.39 is 0 Å². The van der Waals surface area contributed by atoms with Gasteiger partial charge in [0.05, 0.1) is 28.1 Å². The molecule has 0 aromatic rings. The molecule has 0 aromatic heterocycles. The smallest absolute Gasteiger partial charge is 0.0894 e. The Bertz CT molecular complexity index is 236. The largest absolute Gasteiger partial charge is 0.345 e. The maximum atomic E-state index is 8.31. The van der Waals surface area contributed by atoms with Gasteiger partial charge < -0.3 is 9.84 Å². The van der Waals surface area contributed by atoms with E-state index in [2.05, 4.69) is 71.4 Å². The van der Waals surface area contributed by atoms with Crippen molar-refractivity contribution in [3.63, 3.8) is 0 Å². The van der Waals surface area contributed by atoms with Gasteiger partial charge in [-0.15, -0.1) is 0 Å². The maximum Gasteiger partial charge on any atom is 0.0894 e. The predicted molar refractivity (Wildman–Crippen MR) is 90.0 cm³/mol. The molecule has 5 heteroatoms. The quantitative estimate of drug-likeness (QED) is 0.545. The summed E-state index contributed by atoms with van der Waals surface area (Å²) >= 11 is 0. The van der Waals surface area contributed by atoms with Crippen molar-refractivity contribution >= 4 is 8.96 Å². The van der Waals surface area contributed by atoms with Crippen molar-refractivity contribution in [2.45, 2.75) is 86.0 Å². The Morgan fingerprint density at radius 2 is 1.45 bits per heavy atom. The normalized spacial score (nSPS) is 11.8. The first kappa shape index (κ1) is 22.1. The Labute approximate surface area is 128 Å². The highest BCUT2D eigenvalue weighted by molar-refractivity contribution is 7.29. The topological polar surface area (TPSA) is 48.3 Å². The first-order valence-electron chi connectivity index (χ1n) is 7.51. The van der Waals surface area contributed by atoms with Crippen LogP contribution in [-0.4, -0.2) is 35.4 Å². The molecule has 0 radical (unpaired) electrons. The Kier molecular flexibility index (Phi) is 15.2. The van der Waals surface area contributed by atoms with Crippen LogP contribution in [0.3, 0.4) is 0 Å². The molecule has 20 heavy (non-hydrogen) atoms. The second-order valence-electron chi connectivity index (χ2n) is 5.92. The number of hydrogen-bond acceptors (Lipinski definition) is 4. The van der Waals surface area contributed by atoms with Gasteiger partial charge in [-0.25, -0.2) is 0 Å². The summed E-state index contributed by atoms with van der Waals surface area (Å²) in [6, 6.07) is 4.31. The van der Waals surface area contributed by atoms with Crippen molar-refractivity contribution in [1.29, 1.82) is 5.26 Å². The van der Waals surface area contributed by atoms with Crippen LogP contribution < -0.4 is 5.32 Å². The number of rotatable bonds is 8. The Balaban J connectivity index is 0. The summed E-state index contributed by atoms with van der Waals surface area (Å²) in [6.45, 7) is 17.8. The van der Waals surface area contributed by atoms with E-state index in [1.165, 1.54) is 0 Å². The van der Waals surface area contributed by atoms with Gasteiger partial charge in [0.1, 0.15) is 0 Å². The van der Waals surface area contributed by atoms with Gasteiger partial charge >= 0.3 is 0 Å². The van der Waals surface area contributed by atoms with E-state index in [1.807, 2.05) is 0 Å². The standard InChI is InChI=1S/C9H19N2OP.C6H15N/c1-8(2)11(9(3)4)13-12-7-5-6-10;1-5(2)7-6(3)4/h8-9,13H,5,7H2,1-4H3;5-7H,1-4H3. The summed E-state index contributed by atoms with van der Waals surface area (Å²) in [5.74, 6) is 0. The van der Waals surface area contributed by atoms with Crippen molar-refractivity contribution in [1.82, 2.24) is 9.99 Å². The van der Waals surface area contributed by atoms with E-state index in [-0.39, 0.29) is 0 Å². The lowest BCUT2D eigenvalue weighted by Gasteiger charge is -2.29. The van der Waals surface area contributed by atoms with Crippen LogP contribution in [0.2, 0.25) is 0 Å². The molecule has 0 rings (SSSR count). The zero-order valence-electron chi connectivity index (χ0n) is 14.5. The van der Waals surface area contributed by atoms with Crippen molar-refractivity contribution in [2.24, 2.45) is 0 Å². The molecule has 0 saturated carbocycles. The number of hydrogen-bond donors (Lipinski definition) is 1. The lowest BCUT2D eigenvalue weighted by atomic mass is 10.3. The van der Waals surface area contributed by atoms with Crippen LogP contribution in [0.15, 0.2) is 0 Å². The highest BCUT2D eigenvalue weighted by Crippen LogP contribution is 2.25. The molecule has 0 aliphatic carbocycles. The third-order valence-electron chi connectivity index (χ3n) is 2.27. The molecule has 0 bridgehead atoms. The van der Waals surface area contributed by atoms with Crippen LogP contribution in [0.1, 0.15) is 61.8 Å².